The number of aliphatic hydroxyl groups excluding tert-OH is 1. The molecule has 90 valence electrons. The molecule has 0 bridgehead atoms. The fourth-order valence-corrected chi connectivity index (χ4v) is 1.68. The van der Waals surface area contributed by atoms with Crippen molar-refractivity contribution in [1.82, 2.24) is 10.2 Å². The zero-order valence-electron chi connectivity index (χ0n) is 9.99. The monoisotopic (exact) mass is 234 g/mol. The van der Waals surface area contributed by atoms with E-state index in [0.29, 0.717) is 13.0 Å². The molecular formula is C10H22N2O2S. The van der Waals surface area contributed by atoms with Gasteiger partial charge in [-0.1, -0.05) is 0 Å². The largest absolute Gasteiger partial charge is 0.393 e. The van der Waals surface area contributed by atoms with Crippen LogP contribution in [0.1, 0.15) is 20.3 Å². The summed E-state index contributed by atoms with van der Waals surface area (Å²) in [6, 6.07) is 0.110. The molecule has 2 unspecified atom stereocenters. The molecule has 0 aliphatic carbocycles. The van der Waals surface area contributed by atoms with Gasteiger partial charge in [-0.25, -0.2) is 4.79 Å². The van der Waals surface area contributed by atoms with Gasteiger partial charge in [0.15, 0.2) is 0 Å². The molecule has 0 rings (SSSR count). The zero-order chi connectivity index (χ0) is 11.8. The number of thioether (sulfide) groups is 1. The molecule has 2 atom stereocenters. The Kier molecular flexibility index (Phi) is 7.60. The second kappa shape index (κ2) is 7.82. The van der Waals surface area contributed by atoms with Crippen molar-refractivity contribution >= 4 is 17.8 Å². The van der Waals surface area contributed by atoms with Gasteiger partial charge in [0.2, 0.25) is 0 Å². The standard InChI is InChI=1S/C10H22N2O2S/c1-8(7-15-4)11-10(14)12(3)6-5-9(2)13/h8-9,13H,5-7H2,1-4H3,(H,11,14). The minimum atomic E-state index is -0.358. The van der Waals surface area contributed by atoms with Crippen molar-refractivity contribution in [1.29, 1.82) is 0 Å². The van der Waals surface area contributed by atoms with Gasteiger partial charge in [-0.2, -0.15) is 11.8 Å². The van der Waals surface area contributed by atoms with Gasteiger partial charge in [0.1, 0.15) is 0 Å². The molecular weight excluding hydrogens is 212 g/mol. The van der Waals surface area contributed by atoms with Crippen LogP contribution in [0.5, 0.6) is 0 Å². The fraction of sp³-hybridized carbons (Fsp3) is 0.900. The number of rotatable bonds is 6. The summed E-state index contributed by atoms with van der Waals surface area (Å²) in [4.78, 5) is 13.2. The molecule has 15 heavy (non-hydrogen) atoms. The molecule has 2 N–H and O–H groups in total. The first kappa shape index (κ1) is 14.6. The van der Waals surface area contributed by atoms with Crippen LogP contribution in [-0.2, 0) is 0 Å². The third-order valence-electron chi connectivity index (χ3n) is 2.02. The smallest absolute Gasteiger partial charge is 0.317 e. The Hall–Kier alpha value is -0.420. The molecule has 5 heteroatoms. The first-order valence-corrected chi connectivity index (χ1v) is 6.55. The van der Waals surface area contributed by atoms with Gasteiger partial charge in [-0.15, -0.1) is 0 Å². The number of nitrogens with zero attached hydrogens (tertiary/aromatic N) is 1. The molecule has 0 aliphatic heterocycles. The topological polar surface area (TPSA) is 52.6 Å². The summed E-state index contributed by atoms with van der Waals surface area (Å²) in [6.45, 7) is 4.29. The number of aliphatic hydroxyl groups is 1. The predicted octanol–water partition coefficient (Wildman–Crippen LogP) is 1.15. The zero-order valence-corrected chi connectivity index (χ0v) is 10.8. The molecule has 0 fully saturated rings. The maximum Gasteiger partial charge on any atom is 0.317 e. The van der Waals surface area contributed by atoms with Crippen molar-refractivity contribution in [3.05, 3.63) is 0 Å². The van der Waals surface area contributed by atoms with Gasteiger partial charge >= 0.3 is 6.03 Å². The van der Waals surface area contributed by atoms with E-state index in [2.05, 4.69) is 5.32 Å². The van der Waals surface area contributed by atoms with Crippen LogP contribution in [0.2, 0.25) is 0 Å². The highest BCUT2D eigenvalue weighted by Gasteiger charge is 2.11. The van der Waals surface area contributed by atoms with Gasteiger partial charge in [-0.05, 0) is 26.5 Å². The van der Waals surface area contributed by atoms with Gasteiger partial charge in [-0.3, -0.25) is 0 Å². The van der Waals surface area contributed by atoms with E-state index in [-0.39, 0.29) is 18.2 Å². The average Bonchev–Trinajstić information content (AvgIpc) is 2.14. The summed E-state index contributed by atoms with van der Waals surface area (Å²) in [6.07, 6.45) is 2.27. The maximum atomic E-state index is 11.6. The van der Waals surface area contributed by atoms with E-state index in [1.807, 2.05) is 13.2 Å². The fourth-order valence-electron chi connectivity index (χ4n) is 1.09. The molecule has 0 spiro atoms. The Labute approximate surface area is 96.4 Å². The van der Waals surface area contributed by atoms with Crippen LogP contribution in [0.4, 0.5) is 4.79 Å². The van der Waals surface area contributed by atoms with Crippen LogP contribution >= 0.6 is 11.8 Å². The van der Waals surface area contributed by atoms with Crippen LogP contribution in [0.3, 0.4) is 0 Å². The number of carbonyl (C=O) groups excluding carboxylic acids is 1. The summed E-state index contributed by atoms with van der Waals surface area (Å²) >= 11 is 1.71. The van der Waals surface area contributed by atoms with Crippen LogP contribution < -0.4 is 5.32 Å². The lowest BCUT2D eigenvalue weighted by Crippen LogP contribution is -2.43. The Balaban J connectivity index is 3.78. The van der Waals surface area contributed by atoms with E-state index in [0.717, 1.165) is 5.75 Å². The third kappa shape index (κ3) is 7.50. The first-order valence-electron chi connectivity index (χ1n) is 5.16. The van der Waals surface area contributed by atoms with Gasteiger partial charge in [0.05, 0.1) is 6.10 Å². The molecule has 0 aromatic heterocycles. The molecule has 2 amide bonds. The van der Waals surface area contributed by atoms with Crippen molar-refractivity contribution < 1.29 is 9.90 Å². The molecule has 4 nitrogen and oxygen atoms in total. The molecule has 0 heterocycles. The summed E-state index contributed by atoms with van der Waals surface area (Å²) in [5.74, 6) is 0.913. The Morgan fingerprint density at radius 1 is 1.53 bits per heavy atom. The van der Waals surface area contributed by atoms with Crippen molar-refractivity contribution in [3.63, 3.8) is 0 Å². The van der Waals surface area contributed by atoms with Gasteiger partial charge in [0, 0.05) is 25.4 Å². The van der Waals surface area contributed by atoms with Crippen molar-refractivity contribution in [3.8, 4) is 0 Å². The van der Waals surface area contributed by atoms with Gasteiger partial charge in [0.25, 0.3) is 0 Å². The number of carbonyl (C=O) groups is 1. The molecule has 0 saturated carbocycles. The second-order valence-corrected chi connectivity index (χ2v) is 4.78. The minimum Gasteiger partial charge on any atom is -0.393 e. The van der Waals surface area contributed by atoms with E-state index >= 15 is 0 Å². The first-order chi connectivity index (χ1) is 6.97. The highest BCUT2D eigenvalue weighted by atomic mass is 32.2. The van der Waals surface area contributed by atoms with E-state index in [1.54, 1.807) is 30.6 Å². The highest BCUT2D eigenvalue weighted by molar-refractivity contribution is 7.98. The summed E-state index contributed by atoms with van der Waals surface area (Å²) < 4.78 is 0. The Morgan fingerprint density at radius 3 is 2.60 bits per heavy atom. The van der Waals surface area contributed by atoms with E-state index < -0.39 is 0 Å². The number of hydrogen-bond donors (Lipinski definition) is 2. The van der Waals surface area contributed by atoms with E-state index in [1.165, 1.54) is 0 Å². The number of hydrogen-bond acceptors (Lipinski definition) is 3. The number of urea groups is 1. The Bertz CT molecular complexity index is 188. The minimum absolute atomic E-state index is 0.0720. The molecule has 0 aromatic rings. The lowest BCUT2D eigenvalue weighted by atomic mass is 10.3. The van der Waals surface area contributed by atoms with E-state index in [4.69, 9.17) is 5.11 Å². The van der Waals surface area contributed by atoms with Crippen molar-refractivity contribution in [2.75, 3.05) is 25.6 Å². The maximum absolute atomic E-state index is 11.6. The Morgan fingerprint density at radius 2 is 2.13 bits per heavy atom. The van der Waals surface area contributed by atoms with Crippen LogP contribution in [0, 0.1) is 0 Å². The number of amides is 2. The van der Waals surface area contributed by atoms with Crippen LogP contribution in [0.15, 0.2) is 0 Å². The summed E-state index contributed by atoms with van der Waals surface area (Å²) in [7, 11) is 1.74. The normalized spacial score (nSPS) is 14.5. The van der Waals surface area contributed by atoms with Crippen molar-refractivity contribution in [2.45, 2.75) is 32.4 Å². The average molecular weight is 234 g/mol. The number of nitrogens with one attached hydrogen (secondary N) is 1. The highest BCUT2D eigenvalue weighted by Crippen LogP contribution is 1.98. The lowest BCUT2D eigenvalue weighted by Gasteiger charge is -2.21. The molecule has 0 saturated heterocycles. The predicted molar refractivity (Wildman–Crippen MR) is 65.3 cm³/mol. The second-order valence-electron chi connectivity index (χ2n) is 3.87. The van der Waals surface area contributed by atoms with Gasteiger partial charge < -0.3 is 15.3 Å². The lowest BCUT2D eigenvalue weighted by molar-refractivity contribution is 0.163. The summed E-state index contributed by atoms with van der Waals surface area (Å²) in [5, 5.41) is 12.0. The van der Waals surface area contributed by atoms with Crippen LogP contribution in [-0.4, -0.2) is 53.8 Å². The third-order valence-corrected chi connectivity index (χ3v) is 2.85. The summed E-state index contributed by atoms with van der Waals surface area (Å²) in [5.41, 5.74) is 0. The van der Waals surface area contributed by atoms with Crippen molar-refractivity contribution in [2.24, 2.45) is 0 Å². The molecule has 0 radical (unpaired) electrons. The van der Waals surface area contributed by atoms with E-state index in [9.17, 15) is 4.79 Å². The SMILES string of the molecule is CSCC(C)NC(=O)N(C)CCC(C)O. The molecule has 0 aliphatic rings. The quantitative estimate of drug-likeness (QED) is 0.725. The molecule has 0 aromatic carbocycles. The van der Waals surface area contributed by atoms with Crippen LogP contribution in [0.25, 0.3) is 0 Å².